The van der Waals surface area contributed by atoms with Crippen molar-refractivity contribution in [1.82, 2.24) is 14.9 Å². The van der Waals surface area contributed by atoms with Crippen molar-refractivity contribution >= 4 is 11.9 Å². The maximum atomic E-state index is 12.3. The van der Waals surface area contributed by atoms with Crippen LogP contribution in [0.25, 0.3) is 0 Å². The van der Waals surface area contributed by atoms with E-state index in [1.807, 2.05) is 39.8 Å². The van der Waals surface area contributed by atoms with E-state index >= 15 is 0 Å². The minimum atomic E-state index is -0.467. The van der Waals surface area contributed by atoms with E-state index in [1.165, 1.54) is 0 Å². The standard InChI is InChI=1S/C16H26N4O2/c1-16(2,3)22-15(21)20-10-6-7-12(11-20)13-14(19(4)5)18-9-8-17-13/h8-9,12H,6-7,10-11H2,1-5H3/t12-/m1/s1. The van der Waals surface area contributed by atoms with Gasteiger partial charge in [0.15, 0.2) is 0 Å². The van der Waals surface area contributed by atoms with Crippen LogP contribution in [-0.4, -0.2) is 53.7 Å². The van der Waals surface area contributed by atoms with Gasteiger partial charge < -0.3 is 14.5 Å². The molecule has 6 nitrogen and oxygen atoms in total. The van der Waals surface area contributed by atoms with Gasteiger partial charge in [-0.1, -0.05) is 0 Å². The van der Waals surface area contributed by atoms with Crippen LogP contribution in [0.3, 0.4) is 0 Å². The minimum absolute atomic E-state index is 0.201. The van der Waals surface area contributed by atoms with Crippen LogP contribution in [0.5, 0.6) is 0 Å². The van der Waals surface area contributed by atoms with Crippen LogP contribution in [0, 0.1) is 0 Å². The van der Waals surface area contributed by atoms with E-state index in [1.54, 1.807) is 17.3 Å². The van der Waals surface area contributed by atoms with Gasteiger partial charge in [-0.3, -0.25) is 4.98 Å². The molecule has 1 aromatic heterocycles. The lowest BCUT2D eigenvalue weighted by molar-refractivity contribution is 0.0197. The van der Waals surface area contributed by atoms with Crippen LogP contribution in [-0.2, 0) is 4.74 Å². The summed E-state index contributed by atoms with van der Waals surface area (Å²) in [5.74, 6) is 1.07. The van der Waals surface area contributed by atoms with Crippen molar-refractivity contribution in [2.75, 3.05) is 32.1 Å². The Morgan fingerprint density at radius 2 is 2.00 bits per heavy atom. The number of ether oxygens (including phenoxy) is 1. The maximum absolute atomic E-state index is 12.3. The second-order valence-corrected chi connectivity index (χ2v) is 6.93. The van der Waals surface area contributed by atoms with Crippen molar-refractivity contribution in [3.05, 3.63) is 18.1 Å². The number of aromatic nitrogens is 2. The lowest BCUT2D eigenvalue weighted by atomic mass is 9.94. The second kappa shape index (κ2) is 6.50. The van der Waals surface area contributed by atoms with Gasteiger partial charge in [0.1, 0.15) is 11.4 Å². The summed E-state index contributed by atoms with van der Waals surface area (Å²) in [5, 5.41) is 0. The van der Waals surface area contributed by atoms with Gasteiger partial charge in [-0.05, 0) is 33.6 Å². The van der Waals surface area contributed by atoms with Gasteiger partial charge in [0, 0.05) is 45.5 Å². The van der Waals surface area contributed by atoms with Gasteiger partial charge in [0.2, 0.25) is 0 Å². The van der Waals surface area contributed by atoms with Crippen molar-refractivity contribution in [2.24, 2.45) is 0 Å². The van der Waals surface area contributed by atoms with Gasteiger partial charge in [-0.2, -0.15) is 0 Å². The molecule has 1 atom stereocenters. The number of likely N-dealkylation sites (tertiary alicyclic amines) is 1. The van der Waals surface area contributed by atoms with E-state index < -0.39 is 5.60 Å². The third-order valence-corrected chi connectivity index (χ3v) is 3.59. The molecule has 1 saturated heterocycles. The highest BCUT2D eigenvalue weighted by Crippen LogP contribution is 2.30. The lowest BCUT2D eigenvalue weighted by Gasteiger charge is -2.34. The molecule has 2 rings (SSSR count). The molecule has 1 aromatic rings. The highest BCUT2D eigenvalue weighted by Gasteiger charge is 2.30. The Labute approximate surface area is 132 Å². The number of hydrogen-bond acceptors (Lipinski definition) is 5. The van der Waals surface area contributed by atoms with Crippen molar-refractivity contribution in [3.8, 4) is 0 Å². The van der Waals surface area contributed by atoms with Gasteiger partial charge in [0.05, 0.1) is 5.69 Å². The molecule has 6 heteroatoms. The molecule has 0 spiro atoms. The van der Waals surface area contributed by atoms with E-state index in [0.29, 0.717) is 6.54 Å². The first-order valence-corrected chi connectivity index (χ1v) is 7.74. The normalized spacial score (nSPS) is 19.0. The summed E-state index contributed by atoms with van der Waals surface area (Å²) < 4.78 is 5.48. The molecule has 2 heterocycles. The molecular weight excluding hydrogens is 280 g/mol. The smallest absolute Gasteiger partial charge is 0.410 e. The third kappa shape index (κ3) is 4.08. The number of hydrogen-bond donors (Lipinski definition) is 0. The molecule has 0 unspecified atom stereocenters. The number of nitrogens with zero attached hydrogens (tertiary/aromatic N) is 4. The van der Waals surface area contributed by atoms with Crippen LogP contribution < -0.4 is 4.90 Å². The quantitative estimate of drug-likeness (QED) is 0.840. The first kappa shape index (κ1) is 16.5. The number of amides is 1. The van der Waals surface area contributed by atoms with E-state index in [2.05, 4.69) is 9.97 Å². The van der Waals surface area contributed by atoms with Crippen LogP contribution in [0.15, 0.2) is 12.4 Å². The fourth-order valence-corrected chi connectivity index (χ4v) is 2.67. The van der Waals surface area contributed by atoms with Crippen molar-refractivity contribution in [3.63, 3.8) is 0 Å². The molecule has 1 aliphatic rings. The molecule has 0 aliphatic carbocycles. The second-order valence-electron chi connectivity index (χ2n) is 6.93. The molecule has 0 N–H and O–H groups in total. The van der Waals surface area contributed by atoms with Crippen molar-refractivity contribution in [2.45, 2.75) is 45.1 Å². The maximum Gasteiger partial charge on any atom is 0.410 e. The molecule has 1 fully saturated rings. The van der Waals surface area contributed by atoms with Crippen LogP contribution >= 0.6 is 0 Å². The summed E-state index contributed by atoms with van der Waals surface area (Å²) in [6, 6.07) is 0. The predicted octanol–water partition coefficient (Wildman–Crippen LogP) is 2.66. The van der Waals surface area contributed by atoms with E-state index in [-0.39, 0.29) is 12.0 Å². The van der Waals surface area contributed by atoms with Gasteiger partial charge >= 0.3 is 6.09 Å². The van der Waals surface area contributed by atoms with Crippen LogP contribution in [0.1, 0.15) is 45.2 Å². The average Bonchev–Trinajstić information content (AvgIpc) is 2.45. The highest BCUT2D eigenvalue weighted by atomic mass is 16.6. The number of carbonyl (C=O) groups excluding carboxylic acids is 1. The summed E-state index contributed by atoms with van der Waals surface area (Å²) in [7, 11) is 3.92. The Hall–Kier alpha value is -1.85. The first-order chi connectivity index (χ1) is 10.3. The molecule has 1 aliphatic heterocycles. The summed E-state index contributed by atoms with van der Waals surface area (Å²) in [6.45, 7) is 7.04. The zero-order chi connectivity index (χ0) is 16.3. The Bertz CT molecular complexity index is 525. The van der Waals surface area contributed by atoms with Gasteiger partial charge in [-0.25, -0.2) is 9.78 Å². The Kier molecular flexibility index (Phi) is 4.88. The summed E-state index contributed by atoms with van der Waals surface area (Å²) in [5.41, 5.74) is 0.492. The molecule has 122 valence electrons. The molecule has 0 bridgehead atoms. The van der Waals surface area contributed by atoms with Crippen LogP contribution in [0.4, 0.5) is 10.6 Å². The Morgan fingerprint density at radius 1 is 1.32 bits per heavy atom. The Morgan fingerprint density at radius 3 is 2.64 bits per heavy atom. The third-order valence-electron chi connectivity index (χ3n) is 3.59. The lowest BCUT2D eigenvalue weighted by Crippen LogP contribution is -2.42. The molecule has 1 amide bonds. The summed E-state index contributed by atoms with van der Waals surface area (Å²) >= 11 is 0. The topological polar surface area (TPSA) is 58.6 Å². The highest BCUT2D eigenvalue weighted by molar-refractivity contribution is 5.68. The van der Waals surface area contributed by atoms with Gasteiger partial charge in [-0.15, -0.1) is 0 Å². The minimum Gasteiger partial charge on any atom is -0.444 e. The Balaban J connectivity index is 2.13. The molecular formula is C16H26N4O2. The molecule has 0 radical (unpaired) electrons. The largest absolute Gasteiger partial charge is 0.444 e. The van der Waals surface area contributed by atoms with Crippen LogP contribution in [0.2, 0.25) is 0 Å². The number of rotatable bonds is 2. The van der Waals surface area contributed by atoms with E-state index in [9.17, 15) is 4.79 Å². The molecule has 0 saturated carbocycles. The fraction of sp³-hybridized carbons (Fsp3) is 0.688. The number of anilines is 1. The molecule has 0 aromatic carbocycles. The zero-order valence-corrected chi connectivity index (χ0v) is 14.2. The zero-order valence-electron chi connectivity index (χ0n) is 14.2. The summed E-state index contributed by atoms with van der Waals surface area (Å²) in [4.78, 5) is 24.9. The molecule has 22 heavy (non-hydrogen) atoms. The monoisotopic (exact) mass is 306 g/mol. The predicted molar refractivity (Wildman–Crippen MR) is 86.1 cm³/mol. The summed E-state index contributed by atoms with van der Waals surface area (Å²) in [6.07, 6.45) is 5.14. The number of piperidine rings is 1. The van der Waals surface area contributed by atoms with Crippen molar-refractivity contribution in [1.29, 1.82) is 0 Å². The van der Waals surface area contributed by atoms with E-state index in [0.717, 1.165) is 30.9 Å². The first-order valence-electron chi connectivity index (χ1n) is 7.74. The van der Waals surface area contributed by atoms with Gasteiger partial charge in [0.25, 0.3) is 0 Å². The number of carbonyl (C=O) groups is 1. The average molecular weight is 306 g/mol. The van der Waals surface area contributed by atoms with E-state index in [4.69, 9.17) is 4.74 Å². The SMILES string of the molecule is CN(C)c1nccnc1[C@@H]1CCCN(C(=O)OC(C)(C)C)C1. The van der Waals surface area contributed by atoms with Crippen molar-refractivity contribution < 1.29 is 9.53 Å². The fourth-order valence-electron chi connectivity index (χ4n) is 2.67.